The largest absolute Gasteiger partial charge is 0.459 e. The minimum Gasteiger partial charge on any atom is -0.459 e. The van der Waals surface area contributed by atoms with Gasteiger partial charge in [0.1, 0.15) is 6.61 Å². The lowest BCUT2D eigenvalue weighted by Gasteiger charge is -2.23. The van der Waals surface area contributed by atoms with Crippen molar-refractivity contribution in [3.8, 4) is 0 Å². The highest BCUT2D eigenvalue weighted by atomic mass is 31.2. The zero-order valence-electron chi connectivity index (χ0n) is 15.0. The molecule has 3 aromatic carbocycles. The van der Waals surface area contributed by atoms with Crippen molar-refractivity contribution in [3.05, 3.63) is 96.6 Å². The third-order valence-electron chi connectivity index (χ3n) is 3.98. The second-order valence-corrected chi connectivity index (χ2v) is 8.45. The summed E-state index contributed by atoms with van der Waals surface area (Å²) in [5.41, 5.74) is 0.471. The molecule has 1 unspecified atom stereocenters. The Kier molecular flexibility index (Phi) is 6.23. The molecule has 1 atom stereocenters. The summed E-state index contributed by atoms with van der Waals surface area (Å²) in [5, 5.41) is 1.22. The molecule has 0 amide bonds. The van der Waals surface area contributed by atoms with Crippen LogP contribution >= 0.6 is 7.37 Å². The molecule has 0 fully saturated rings. The van der Waals surface area contributed by atoms with Crippen LogP contribution in [-0.2, 0) is 13.8 Å². The molecule has 4 nitrogen and oxygen atoms in total. The standard InChI is InChI=1S/C22H21O4P/c1-18(17-25-22(23)19-11-5-2-6-12-19)26-27(24,20-13-7-3-8-14-20)21-15-9-4-10-16-21/h2-16,18H,17H2,1H3. The predicted octanol–water partition coefficient (Wildman–Crippen LogP) is 4.18. The lowest BCUT2D eigenvalue weighted by atomic mass is 10.2. The zero-order valence-corrected chi connectivity index (χ0v) is 15.9. The van der Waals surface area contributed by atoms with E-state index in [2.05, 4.69) is 0 Å². The zero-order chi connectivity index (χ0) is 19.1. The van der Waals surface area contributed by atoms with Crippen molar-refractivity contribution in [1.82, 2.24) is 0 Å². The van der Waals surface area contributed by atoms with Gasteiger partial charge in [0.2, 0.25) is 0 Å². The molecule has 138 valence electrons. The molecule has 0 saturated heterocycles. The summed E-state index contributed by atoms with van der Waals surface area (Å²) in [5.74, 6) is -0.430. The van der Waals surface area contributed by atoms with Gasteiger partial charge in [-0.05, 0) is 43.3 Å². The first-order valence-corrected chi connectivity index (χ1v) is 10.3. The lowest BCUT2D eigenvalue weighted by molar-refractivity contribution is 0.0350. The molecule has 0 spiro atoms. The van der Waals surface area contributed by atoms with Crippen molar-refractivity contribution in [2.24, 2.45) is 0 Å². The summed E-state index contributed by atoms with van der Waals surface area (Å²) < 4.78 is 25.1. The minimum absolute atomic E-state index is 0.0113. The fourth-order valence-corrected chi connectivity index (χ4v) is 4.89. The number of rotatable bonds is 7. The van der Waals surface area contributed by atoms with Crippen LogP contribution in [-0.4, -0.2) is 18.7 Å². The Hall–Kier alpha value is -2.68. The maximum absolute atomic E-state index is 13.8. The van der Waals surface area contributed by atoms with E-state index in [1.807, 2.05) is 42.5 Å². The average molecular weight is 380 g/mol. The van der Waals surface area contributed by atoms with E-state index in [1.54, 1.807) is 55.5 Å². The summed E-state index contributed by atoms with van der Waals surface area (Å²) >= 11 is 0. The first-order valence-electron chi connectivity index (χ1n) is 8.71. The van der Waals surface area contributed by atoms with Gasteiger partial charge in [-0.3, -0.25) is 4.57 Å². The van der Waals surface area contributed by atoms with Gasteiger partial charge in [-0.1, -0.05) is 54.6 Å². The van der Waals surface area contributed by atoms with Crippen LogP contribution in [0.5, 0.6) is 0 Å². The SMILES string of the molecule is CC(COC(=O)c1ccccc1)OP(=O)(c1ccccc1)c1ccccc1. The predicted molar refractivity (Wildman–Crippen MR) is 107 cm³/mol. The fraction of sp³-hybridized carbons (Fsp3) is 0.136. The molecule has 3 rings (SSSR count). The van der Waals surface area contributed by atoms with Gasteiger partial charge in [0.15, 0.2) is 0 Å². The number of carbonyl (C=O) groups excluding carboxylic acids is 1. The van der Waals surface area contributed by atoms with E-state index in [-0.39, 0.29) is 6.61 Å². The van der Waals surface area contributed by atoms with Gasteiger partial charge in [-0.25, -0.2) is 4.79 Å². The quantitative estimate of drug-likeness (QED) is 0.456. The van der Waals surface area contributed by atoms with Gasteiger partial charge in [-0.2, -0.15) is 0 Å². The van der Waals surface area contributed by atoms with Crippen LogP contribution < -0.4 is 10.6 Å². The molecule has 27 heavy (non-hydrogen) atoms. The molecule has 0 bridgehead atoms. The summed E-state index contributed by atoms with van der Waals surface area (Å²) in [6.45, 7) is 1.76. The normalized spacial score (nSPS) is 12.3. The topological polar surface area (TPSA) is 52.6 Å². The molecule has 0 aliphatic carbocycles. The van der Waals surface area contributed by atoms with Crippen LogP contribution in [0.3, 0.4) is 0 Å². The van der Waals surface area contributed by atoms with Crippen LogP contribution in [0.25, 0.3) is 0 Å². The van der Waals surface area contributed by atoms with Gasteiger partial charge in [-0.15, -0.1) is 0 Å². The fourth-order valence-electron chi connectivity index (χ4n) is 2.65. The Balaban J connectivity index is 1.75. The number of hydrogen-bond donors (Lipinski definition) is 0. The van der Waals surface area contributed by atoms with E-state index in [4.69, 9.17) is 9.26 Å². The molecule has 0 aromatic heterocycles. The summed E-state index contributed by atoms with van der Waals surface area (Å²) in [6, 6.07) is 26.9. The molecule has 0 saturated carbocycles. The van der Waals surface area contributed by atoms with Crippen molar-refractivity contribution >= 4 is 23.9 Å². The molecule has 0 heterocycles. The number of benzene rings is 3. The summed E-state index contributed by atoms with van der Waals surface area (Å²) in [4.78, 5) is 12.1. The second-order valence-electron chi connectivity index (χ2n) is 6.10. The van der Waals surface area contributed by atoms with E-state index < -0.39 is 19.4 Å². The van der Waals surface area contributed by atoms with Crippen molar-refractivity contribution in [3.63, 3.8) is 0 Å². The number of ether oxygens (including phenoxy) is 1. The van der Waals surface area contributed by atoms with E-state index in [9.17, 15) is 9.36 Å². The smallest absolute Gasteiger partial charge is 0.338 e. The maximum Gasteiger partial charge on any atom is 0.338 e. The van der Waals surface area contributed by atoms with Crippen molar-refractivity contribution in [2.45, 2.75) is 13.0 Å². The van der Waals surface area contributed by atoms with Gasteiger partial charge in [0.25, 0.3) is 7.37 Å². The van der Waals surface area contributed by atoms with Crippen molar-refractivity contribution in [1.29, 1.82) is 0 Å². The second kappa shape index (κ2) is 8.81. The highest BCUT2D eigenvalue weighted by Gasteiger charge is 2.31. The van der Waals surface area contributed by atoms with Crippen molar-refractivity contribution < 1.29 is 18.6 Å². The average Bonchev–Trinajstić information content (AvgIpc) is 2.74. The molecule has 0 N–H and O–H groups in total. The van der Waals surface area contributed by atoms with Gasteiger partial charge < -0.3 is 9.26 Å². The maximum atomic E-state index is 13.8. The summed E-state index contributed by atoms with van der Waals surface area (Å²) in [7, 11) is -3.30. The first kappa shape index (κ1) is 19.1. The molecule has 0 aliphatic heterocycles. The van der Waals surface area contributed by atoms with Gasteiger partial charge in [0.05, 0.1) is 11.7 Å². The van der Waals surface area contributed by atoms with E-state index in [0.717, 1.165) is 0 Å². The minimum atomic E-state index is -3.30. The van der Waals surface area contributed by atoms with Crippen LogP contribution in [0.2, 0.25) is 0 Å². The van der Waals surface area contributed by atoms with Crippen LogP contribution in [0.1, 0.15) is 17.3 Å². The molecule has 0 radical (unpaired) electrons. The molecule has 3 aromatic rings. The number of esters is 1. The third kappa shape index (κ3) is 4.73. The van der Waals surface area contributed by atoms with Crippen molar-refractivity contribution in [2.75, 3.05) is 6.61 Å². The molecule has 5 heteroatoms. The number of hydrogen-bond acceptors (Lipinski definition) is 4. The summed E-state index contributed by atoms with van der Waals surface area (Å²) in [6.07, 6.45) is -0.538. The Labute approximate surface area is 159 Å². The Morgan fingerprint density at radius 3 is 1.74 bits per heavy atom. The molecular formula is C22H21O4P. The van der Waals surface area contributed by atoms with Gasteiger partial charge >= 0.3 is 5.97 Å². The first-order chi connectivity index (χ1) is 13.1. The number of carbonyl (C=O) groups is 1. The van der Waals surface area contributed by atoms with Gasteiger partial charge in [0, 0.05) is 10.6 Å². The highest BCUT2D eigenvalue weighted by molar-refractivity contribution is 7.74. The Morgan fingerprint density at radius 2 is 1.26 bits per heavy atom. The highest BCUT2D eigenvalue weighted by Crippen LogP contribution is 2.45. The lowest BCUT2D eigenvalue weighted by Crippen LogP contribution is -2.25. The molecule has 0 aliphatic rings. The van der Waals surface area contributed by atoms with Crippen LogP contribution in [0.15, 0.2) is 91.0 Å². The molecular weight excluding hydrogens is 359 g/mol. The monoisotopic (exact) mass is 380 g/mol. The van der Waals surface area contributed by atoms with E-state index in [0.29, 0.717) is 16.2 Å². The Morgan fingerprint density at radius 1 is 0.815 bits per heavy atom. The van der Waals surface area contributed by atoms with E-state index >= 15 is 0 Å². The van der Waals surface area contributed by atoms with E-state index in [1.165, 1.54) is 0 Å². The van der Waals surface area contributed by atoms with Crippen LogP contribution in [0, 0.1) is 0 Å². The third-order valence-corrected chi connectivity index (χ3v) is 6.59. The Bertz CT molecular complexity index is 867. The van der Waals surface area contributed by atoms with Crippen LogP contribution in [0.4, 0.5) is 0 Å².